The predicted molar refractivity (Wildman–Crippen MR) is 112 cm³/mol. The fourth-order valence-electron chi connectivity index (χ4n) is 2.12. The van der Waals surface area contributed by atoms with Gasteiger partial charge in [-0.25, -0.2) is 0 Å². The number of ketones is 1. The van der Waals surface area contributed by atoms with E-state index in [4.69, 9.17) is 21.7 Å². The van der Waals surface area contributed by atoms with Crippen LogP contribution in [0.15, 0.2) is 46.9 Å². The lowest BCUT2D eigenvalue weighted by molar-refractivity contribution is 0.0975. The lowest BCUT2D eigenvalue weighted by Crippen LogP contribution is -2.34. The third-order valence-electron chi connectivity index (χ3n) is 3.52. The summed E-state index contributed by atoms with van der Waals surface area (Å²) in [6.07, 6.45) is 0. The Labute approximate surface area is 171 Å². The molecule has 27 heavy (non-hydrogen) atoms. The Balaban J connectivity index is 1.94. The average molecular weight is 451 g/mol. The molecule has 0 aliphatic heterocycles. The van der Waals surface area contributed by atoms with E-state index < -0.39 is 0 Å². The largest absolute Gasteiger partial charge is 0.490 e. The number of hydrogen-bond donors (Lipinski definition) is 2. The van der Waals surface area contributed by atoms with E-state index in [-0.39, 0.29) is 16.8 Å². The molecule has 0 unspecified atom stereocenters. The highest BCUT2D eigenvalue weighted by molar-refractivity contribution is 9.10. The van der Waals surface area contributed by atoms with Crippen molar-refractivity contribution in [1.82, 2.24) is 5.32 Å². The second-order valence-electron chi connectivity index (χ2n) is 5.53. The monoisotopic (exact) mass is 450 g/mol. The van der Waals surface area contributed by atoms with E-state index in [0.717, 1.165) is 0 Å². The lowest BCUT2D eigenvalue weighted by Gasteiger charge is -2.11. The fraction of sp³-hybridized carbons (Fsp3) is 0.211. The van der Waals surface area contributed by atoms with E-state index in [1.807, 2.05) is 0 Å². The molecule has 2 rings (SSSR count). The van der Waals surface area contributed by atoms with Crippen molar-refractivity contribution in [2.75, 3.05) is 25.6 Å². The number of ether oxygens (including phenoxy) is 2. The van der Waals surface area contributed by atoms with E-state index in [1.165, 1.54) is 6.92 Å². The molecule has 0 fully saturated rings. The average Bonchev–Trinajstić information content (AvgIpc) is 2.63. The van der Waals surface area contributed by atoms with Crippen LogP contribution >= 0.6 is 28.1 Å². The van der Waals surface area contributed by atoms with Crippen LogP contribution < -0.4 is 15.4 Å². The number of benzene rings is 2. The minimum absolute atomic E-state index is 0.0161. The maximum absolute atomic E-state index is 12.3. The second-order valence-corrected chi connectivity index (χ2v) is 6.79. The van der Waals surface area contributed by atoms with Crippen molar-refractivity contribution >= 4 is 50.6 Å². The topological polar surface area (TPSA) is 76.7 Å². The summed E-state index contributed by atoms with van der Waals surface area (Å²) in [6.45, 7) is 2.39. The van der Waals surface area contributed by atoms with Crippen molar-refractivity contribution in [1.29, 1.82) is 0 Å². The van der Waals surface area contributed by atoms with Crippen LogP contribution in [0.5, 0.6) is 5.75 Å². The van der Waals surface area contributed by atoms with Crippen LogP contribution in [0, 0.1) is 0 Å². The minimum atomic E-state index is -0.350. The molecule has 1 amide bonds. The Hall–Kier alpha value is -2.29. The molecule has 2 aromatic carbocycles. The number of Topliss-reactive ketones (excluding diaryl/α,β-unsaturated/α-hetero) is 1. The van der Waals surface area contributed by atoms with Gasteiger partial charge in [0.05, 0.1) is 11.1 Å². The van der Waals surface area contributed by atoms with Crippen LogP contribution in [-0.2, 0) is 4.74 Å². The molecule has 6 nitrogen and oxygen atoms in total. The van der Waals surface area contributed by atoms with Crippen molar-refractivity contribution < 1.29 is 19.1 Å². The maximum atomic E-state index is 12.3. The Morgan fingerprint density at radius 1 is 1.07 bits per heavy atom. The number of nitrogens with one attached hydrogen (secondary N) is 2. The van der Waals surface area contributed by atoms with E-state index >= 15 is 0 Å². The quantitative estimate of drug-likeness (QED) is 0.379. The number of amides is 1. The molecule has 0 aromatic heterocycles. The van der Waals surface area contributed by atoms with Crippen LogP contribution in [0.4, 0.5) is 5.69 Å². The molecule has 2 aromatic rings. The highest BCUT2D eigenvalue weighted by Gasteiger charge is 2.11. The second kappa shape index (κ2) is 10.1. The molecule has 0 heterocycles. The van der Waals surface area contributed by atoms with Crippen molar-refractivity contribution in [3.05, 3.63) is 58.1 Å². The van der Waals surface area contributed by atoms with Gasteiger partial charge in [-0.2, -0.15) is 0 Å². The van der Waals surface area contributed by atoms with Gasteiger partial charge in [-0.1, -0.05) is 0 Å². The van der Waals surface area contributed by atoms with Gasteiger partial charge < -0.3 is 14.8 Å². The van der Waals surface area contributed by atoms with Gasteiger partial charge in [-0.05, 0) is 77.5 Å². The summed E-state index contributed by atoms with van der Waals surface area (Å²) in [6, 6.07) is 11.8. The first-order chi connectivity index (χ1) is 12.9. The van der Waals surface area contributed by atoms with Crippen LogP contribution in [0.25, 0.3) is 0 Å². The number of anilines is 1. The summed E-state index contributed by atoms with van der Waals surface area (Å²) in [5, 5.41) is 5.68. The molecule has 0 saturated carbocycles. The molecule has 0 aliphatic carbocycles. The number of carbonyl (C=O) groups is 2. The number of halogens is 1. The van der Waals surface area contributed by atoms with Crippen LogP contribution in [0.3, 0.4) is 0 Å². The Morgan fingerprint density at radius 3 is 2.33 bits per heavy atom. The van der Waals surface area contributed by atoms with Gasteiger partial charge in [-0.3, -0.25) is 14.9 Å². The summed E-state index contributed by atoms with van der Waals surface area (Å²) in [5.74, 6) is 0.254. The van der Waals surface area contributed by atoms with Crippen molar-refractivity contribution in [3.8, 4) is 5.75 Å². The molecule has 0 atom stereocenters. The molecule has 142 valence electrons. The zero-order valence-corrected chi connectivity index (χ0v) is 17.3. The molecule has 0 aliphatic rings. The molecule has 8 heteroatoms. The van der Waals surface area contributed by atoms with Gasteiger partial charge in [-0.15, -0.1) is 0 Å². The Kier molecular flexibility index (Phi) is 7.90. The summed E-state index contributed by atoms with van der Waals surface area (Å²) in [5.41, 5.74) is 1.71. The van der Waals surface area contributed by atoms with Gasteiger partial charge >= 0.3 is 0 Å². The number of methoxy groups -OCH3 is 1. The van der Waals surface area contributed by atoms with E-state index in [1.54, 1.807) is 49.6 Å². The van der Waals surface area contributed by atoms with Gasteiger partial charge in [0, 0.05) is 23.9 Å². The molecule has 0 spiro atoms. The first-order valence-corrected chi connectivity index (χ1v) is 9.25. The molecule has 2 N–H and O–H groups in total. The fourth-order valence-corrected chi connectivity index (χ4v) is 2.82. The summed E-state index contributed by atoms with van der Waals surface area (Å²) < 4.78 is 11.1. The first kappa shape index (κ1) is 21.0. The molecular weight excluding hydrogens is 432 g/mol. The number of carbonyl (C=O) groups excluding carboxylic acids is 2. The number of hydrogen-bond acceptors (Lipinski definition) is 5. The third-order valence-corrected chi connectivity index (χ3v) is 4.34. The van der Waals surface area contributed by atoms with Gasteiger partial charge in [0.15, 0.2) is 10.9 Å². The maximum Gasteiger partial charge on any atom is 0.257 e. The summed E-state index contributed by atoms with van der Waals surface area (Å²) in [7, 11) is 1.60. The SMILES string of the molecule is COCCOc1ccc(C(=O)NC(=S)Nc2ccc(C(C)=O)cc2)cc1Br. The summed E-state index contributed by atoms with van der Waals surface area (Å²) >= 11 is 8.55. The van der Waals surface area contributed by atoms with E-state index in [9.17, 15) is 9.59 Å². The third kappa shape index (κ3) is 6.42. The summed E-state index contributed by atoms with van der Waals surface area (Å²) in [4.78, 5) is 23.6. The molecular formula is C19H19BrN2O4S. The van der Waals surface area contributed by atoms with Gasteiger partial charge in [0.25, 0.3) is 5.91 Å². The smallest absolute Gasteiger partial charge is 0.257 e. The van der Waals surface area contributed by atoms with Crippen LogP contribution in [-0.4, -0.2) is 37.1 Å². The van der Waals surface area contributed by atoms with Crippen LogP contribution in [0.1, 0.15) is 27.6 Å². The van der Waals surface area contributed by atoms with E-state index in [0.29, 0.717) is 40.3 Å². The Morgan fingerprint density at radius 2 is 1.74 bits per heavy atom. The normalized spacial score (nSPS) is 10.2. The number of thiocarbonyl (C=S) groups is 1. The Bertz CT molecular complexity index is 840. The van der Waals surface area contributed by atoms with Crippen LogP contribution in [0.2, 0.25) is 0 Å². The zero-order chi connectivity index (χ0) is 19.8. The predicted octanol–water partition coefficient (Wildman–Crippen LogP) is 3.80. The lowest BCUT2D eigenvalue weighted by atomic mass is 10.1. The van der Waals surface area contributed by atoms with Crippen molar-refractivity contribution in [2.24, 2.45) is 0 Å². The zero-order valence-electron chi connectivity index (χ0n) is 14.9. The number of rotatable bonds is 7. The van der Waals surface area contributed by atoms with Crippen molar-refractivity contribution in [2.45, 2.75) is 6.92 Å². The standard InChI is InChI=1S/C19H19BrN2O4S/c1-12(23)13-3-6-15(7-4-13)21-19(27)22-18(24)14-5-8-17(16(20)11-14)26-10-9-25-2/h3-8,11H,9-10H2,1-2H3,(H2,21,22,24,27). The highest BCUT2D eigenvalue weighted by Crippen LogP contribution is 2.26. The van der Waals surface area contributed by atoms with Gasteiger partial charge in [0.2, 0.25) is 0 Å². The molecule has 0 radical (unpaired) electrons. The van der Waals surface area contributed by atoms with Gasteiger partial charge in [0.1, 0.15) is 12.4 Å². The van der Waals surface area contributed by atoms with E-state index in [2.05, 4.69) is 26.6 Å². The first-order valence-electron chi connectivity index (χ1n) is 8.05. The van der Waals surface area contributed by atoms with Crippen molar-refractivity contribution in [3.63, 3.8) is 0 Å². The highest BCUT2D eigenvalue weighted by atomic mass is 79.9. The molecule has 0 saturated heterocycles. The molecule has 0 bridgehead atoms. The minimum Gasteiger partial charge on any atom is -0.490 e.